The molecule has 0 bridgehead atoms. The smallest absolute Gasteiger partial charge is 0.263 e. The van der Waals surface area contributed by atoms with E-state index in [4.69, 9.17) is 0 Å². The van der Waals surface area contributed by atoms with Crippen LogP contribution in [0.15, 0.2) is 23.8 Å². The number of thiophene rings is 1. The number of carbonyl (C=O) groups is 2. The fourth-order valence-corrected chi connectivity index (χ4v) is 3.61. The molecule has 0 aliphatic carbocycles. The maximum absolute atomic E-state index is 12.4. The Morgan fingerprint density at radius 1 is 1.46 bits per heavy atom. The Kier molecular flexibility index (Phi) is 5.24. The molecule has 1 aliphatic rings. The molecule has 0 radical (unpaired) electrons. The van der Waals surface area contributed by atoms with Crippen molar-refractivity contribution in [2.45, 2.75) is 32.9 Å². The van der Waals surface area contributed by atoms with Crippen molar-refractivity contribution >= 4 is 23.2 Å². The van der Waals surface area contributed by atoms with Crippen LogP contribution < -0.4 is 5.32 Å². The SMILES string of the molecule is CCn1cnnc1CNC(=O)[C@H]1CCCN(C(=O)c2cccs2)C1. The largest absolute Gasteiger partial charge is 0.348 e. The van der Waals surface area contributed by atoms with Crippen molar-refractivity contribution in [2.75, 3.05) is 13.1 Å². The van der Waals surface area contributed by atoms with E-state index in [1.165, 1.54) is 11.3 Å². The third-order valence-corrected chi connectivity index (χ3v) is 5.13. The predicted octanol–water partition coefficient (Wildman–Crippen LogP) is 1.53. The predicted molar refractivity (Wildman–Crippen MR) is 90.5 cm³/mol. The second-order valence-corrected chi connectivity index (χ2v) is 6.77. The Morgan fingerprint density at radius 2 is 2.33 bits per heavy atom. The number of amides is 2. The summed E-state index contributed by atoms with van der Waals surface area (Å²) < 4.78 is 1.90. The lowest BCUT2D eigenvalue weighted by Crippen LogP contribution is -2.45. The minimum absolute atomic E-state index is 0.0215. The summed E-state index contributed by atoms with van der Waals surface area (Å²) >= 11 is 1.44. The van der Waals surface area contributed by atoms with Crippen molar-refractivity contribution in [3.8, 4) is 0 Å². The second kappa shape index (κ2) is 7.57. The van der Waals surface area contributed by atoms with Crippen molar-refractivity contribution in [1.82, 2.24) is 25.0 Å². The molecule has 0 unspecified atom stereocenters. The molecule has 2 aromatic rings. The van der Waals surface area contributed by atoms with Crippen LogP contribution in [-0.4, -0.2) is 44.6 Å². The highest BCUT2D eigenvalue weighted by Gasteiger charge is 2.29. The van der Waals surface area contributed by atoms with Gasteiger partial charge < -0.3 is 14.8 Å². The first-order valence-corrected chi connectivity index (χ1v) is 9.04. The van der Waals surface area contributed by atoms with Gasteiger partial charge in [-0.2, -0.15) is 0 Å². The molecule has 0 aromatic carbocycles. The zero-order valence-corrected chi connectivity index (χ0v) is 14.5. The third-order valence-electron chi connectivity index (χ3n) is 4.27. The van der Waals surface area contributed by atoms with Crippen molar-refractivity contribution in [3.63, 3.8) is 0 Å². The number of aromatic nitrogens is 3. The minimum Gasteiger partial charge on any atom is -0.348 e. The molecule has 3 rings (SSSR count). The fraction of sp³-hybridized carbons (Fsp3) is 0.500. The summed E-state index contributed by atoms with van der Waals surface area (Å²) in [6.45, 7) is 4.32. The number of nitrogens with zero attached hydrogens (tertiary/aromatic N) is 4. The van der Waals surface area contributed by atoms with Crippen molar-refractivity contribution in [1.29, 1.82) is 0 Å². The summed E-state index contributed by atoms with van der Waals surface area (Å²) in [6.07, 6.45) is 3.31. The normalized spacial score (nSPS) is 17.7. The zero-order valence-electron chi connectivity index (χ0n) is 13.6. The van der Waals surface area contributed by atoms with Gasteiger partial charge in [0.1, 0.15) is 6.33 Å². The van der Waals surface area contributed by atoms with E-state index < -0.39 is 0 Å². The number of hydrogen-bond donors (Lipinski definition) is 1. The average molecular weight is 347 g/mol. The van der Waals surface area contributed by atoms with E-state index in [9.17, 15) is 9.59 Å². The molecule has 7 nitrogen and oxygen atoms in total. The van der Waals surface area contributed by atoms with Crippen LogP contribution in [0.3, 0.4) is 0 Å². The molecule has 128 valence electrons. The number of aryl methyl sites for hydroxylation is 1. The molecule has 8 heteroatoms. The summed E-state index contributed by atoms with van der Waals surface area (Å²) in [5.74, 6) is 0.575. The number of rotatable bonds is 5. The lowest BCUT2D eigenvalue weighted by Gasteiger charge is -2.31. The first-order valence-electron chi connectivity index (χ1n) is 8.16. The van der Waals surface area contributed by atoms with Crippen LogP contribution in [0.5, 0.6) is 0 Å². The Morgan fingerprint density at radius 3 is 3.08 bits per heavy atom. The van der Waals surface area contributed by atoms with E-state index in [1.54, 1.807) is 11.2 Å². The van der Waals surface area contributed by atoms with Crippen molar-refractivity contribution in [3.05, 3.63) is 34.5 Å². The molecule has 1 atom stereocenters. The average Bonchev–Trinajstić information content (AvgIpc) is 3.30. The van der Waals surface area contributed by atoms with Crippen LogP contribution in [-0.2, 0) is 17.9 Å². The van der Waals surface area contributed by atoms with Crippen molar-refractivity contribution < 1.29 is 9.59 Å². The molecule has 2 amide bonds. The van der Waals surface area contributed by atoms with E-state index in [0.29, 0.717) is 19.6 Å². The number of nitrogens with one attached hydrogen (secondary N) is 1. The van der Waals surface area contributed by atoms with Gasteiger partial charge in [-0.05, 0) is 31.2 Å². The van der Waals surface area contributed by atoms with Crippen LogP contribution in [0.1, 0.15) is 35.3 Å². The van der Waals surface area contributed by atoms with Gasteiger partial charge in [0.05, 0.1) is 17.3 Å². The zero-order chi connectivity index (χ0) is 16.9. The minimum atomic E-state index is -0.166. The van der Waals surface area contributed by atoms with Gasteiger partial charge in [-0.1, -0.05) is 6.07 Å². The highest BCUT2D eigenvalue weighted by atomic mass is 32.1. The van der Waals surface area contributed by atoms with Crippen LogP contribution in [0, 0.1) is 5.92 Å². The number of piperidine rings is 1. The van der Waals surface area contributed by atoms with Gasteiger partial charge in [0.2, 0.25) is 5.91 Å². The van der Waals surface area contributed by atoms with Crippen LogP contribution in [0.25, 0.3) is 0 Å². The van der Waals surface area contributed by atoms with Gasteiger partial charge in [0.25, 0.3) is 5.91 Å². The molecule has 1 saturated heterocycles. The van der Waals surface area contributed by atoms with Gasteiger partial charge in [0.15, 0.2) is 5.82 Å². The molecular formula is C16H21N5O2S. The standard InChI is InChI=1S/C16H21N5O2S/c1-2-20-11-18-19-14(20)9-17-15(22)12-5-3-7-21(10-12)16(23)13-6-4-8-24-13/h4,6,8,11-12H,2-3,5,7,9-10H2,1H3,(H,17,22)/t12-/m0/s1. The van der Waals surface area contributed by atoms with Gasteiger partial charge >= 0.3 is 0 Å². The fourth-order valence-electron chi connectivity index (χ4n) is 2.92. The van der Waals surface area contributed by atoms with Crippen LogP contribution in [0.2, 0.25) is 0 Å². The van der Waals surface area contributed by atoms with E-state index in [0.717, 1.165) is 30.1 Å². The van der Waals surface area contributed by atoms with E-state index in [2.05, 4.69) is 15.5 Å². The lowest BCUT2D eigenvalue weighted by molar-refractivity contribution is -0.126. The molecule has 0 saturated carbocycles. The third kappa shape index (κ3) is 3.64. The van der Waals surface area contributed by atoms with Gasteiger partial charge in [0, 0.05) is 19.6 Å². The molecule has 3 heterocycles. The summed E-state index contributed by atoms with van der Waals surface area (Å²) in [4.78, 5) is 27.4. The molecular weight excluding hydrogens is 326 g/mol. The van der Waals surface area contributed by atoms with Gasteiger partial charge in [-0.15, -0.1) is 21.5 Å². The van der Waals surface area contributed by atoms with E-state index in [1.807, 2.05) is 29.0 Å². The summed E-state index contributed by atoms with van der Waals surface area (Å²) in [5, 5.41) is 12.7. The second-order valence-electron chi connectivity index (χ2n) is 5.82. The topological polar surface area (TPSA) is 80.1 Å². The summed E-state index contributed by atoms with van der Waals surface area (Å²) in [6, 6.07) is 3.70. The first-order chi connectivity index (χ1) is 11.7. The Hall–Kier alpha value is -2.22. The summed E-state index contributed by atoms with van der Waals surface area (Å²) in [5.41, 5.74) is 0. The Balaban J connectivity index is 1.56. The quantitative estimate of drug-likeness (QED) is 0.889. The van der Waals surface area contributed by atoms with Gasteiger partial charge in [-0.25, -0.2) is 0 Å². The monoisotopic (exact) mass is 347 g/mol. The summed E-state index contributed by atoms with van der Waals surface area (Å²) in [7, 11) is 0. The molecule has 1 fully saturated rings. The molecule has 24 heavy (non-hydrogen) atoms. The molecule has 1 N–H and O–H groups in total. The van der Waals surface area contributed by atoms with Crippen molar-refractivity contribution in [2.24, 2.45) is 5.92 Å². The van der Waals surface area contributed by atoms with Gasteiger partial charge in [-0.3, -0.25) is 9.59 Å². The Labute approximate surface area is 144 Å². The lowest BCUT2D eigenvalue weighted by atomic mass is 9.97. The first kappa shape index (κ1) is 16.6. The highest BCUT2D eigenvalue weighted by Crippen LogP contribution is 2.20. The molecule has 0 spiro atoms. The molecule has 2 aromatic heterocycles. The van der Waals surface area contributed by atoms with E-state index in [-0.39, 0.29) is 17.7 Å². The van der Waals surface area contributed by atoms with Crippen LogP contribution in [0.4, 0.5) is 0 Å². The maximum Gasteiger partial charge on any atom is 0.263 e. The van der Waals surface area contributed by atoms with Crippen LogP contribution >= 0.6 is 11.3 Å². The number of likely N-dealkylation sites (tertiary alicyclic amines) is 1. The Bertz CT molecular complexity index is 697. The molecule has 1 aliphatic heterocycles. The maximum atomic E-state index is 12.4. The highest BCUT2D eigenvalue weighted by molar-refractivity contribution is 7.12. The number of hydrogen-bond acceptors (Lipinski definition) is 5. The number of carbonyl (C=O) groups excluding carboxylic acids is 2. The van der Waals surface area contributed by atoms with E-state index >= 15 is 0 Å².